The van der Waals surface area contributed by atoms with Crippen LogP contribution >= 0.6 is 0 Å². The second-order valence-electron chi connectivity index (χ2n) is 9.15. The molecule has 3 fully saturated rings. The van der Waals surface area contributed by atoms with Crippen LogP contribution in [-0.4, -0.2) is 11.6 Å². The lowest BCUT2D eigenvalue weighted by molar-refractivity contribution is -0.170. The van der Waals surface area contributed by atoms with Gasteiger partial charge in [0.2, 0.25) is 0 Å². The topological polar surface area (TPSA) is 26.3 Å². The molecule has 3 aliphatic rings. The SMILES string of the molecule is CCC1(OC(=O)C2CCC(C3CCC(C)CC3)CC2)CCCCC1. The molecular weight excluding hydrogens is 296 g/mol. The lowest BCUT2D eigenvalue weighted by atomic mass is 9.69. The van der Waals surface area contributed by atoms with Crippen LogP contribution in [0.15, 0.2) is 0 Å². The van der Waals surface area contributed by atoms with Gasteiger partial charge in [-0.1, -0.05) is 33.1 Å². The fraction of sp³-hybridized carbons (Fsp3) is 0.955. The summed E-state index contributed by atoms with van der Waals surface area (Å²) in [5.74, 6) is 3.09. The molecule has 3 saturated carbocycles. The van der Waals surface area contributed by atoms with E-state index >= 15 is 0 Å². The molecule has 0 aromatic carbocycles. The number of hydrogen-bond acceptors (Lipinski definition) is 2. The summed E-state index contributed by atoms with van der Waals surface area (Å²) in [7, 11) is 0. The zero-order valence-corrected chi connectivity index (χ0v) is 16.0. The molecule has 0 atom stereocenters. The van der Waals surface area contributed by atoms with Crippen LogP contribution in [-0.2, 0) is 9.53 Å². The lowest BCUT2D eigenvalue weighted by Gasteiger charge is -2.39. The monoisotopic (exact) mass is 334 g/mol. The minimum absolute atomic E-state index is 0.119. The lowest BCUT2D eigenvalue weighted by Crippen LogP contribution is -2.39. The third-order valence-corrected chi connectivity index (χ3v) is 7.56. The van der Waals surface area contributed by atoms with Crippen LogP contribution in [0.1, 0.15) is 104 Å². The molecule has 2 heteroatoms. The third-order valence-electron chi connectivity index (χ3n) is 7.56. The van der Waals surface area contributed by atoms with Crippen molar-refractivity contribution in [3.63, 3.8) is 0 Å². The molecule has 24 heavy (non-hydrogen) atoms. The number of hydrogen-bond donors (Lipinski definition) is 0. The second kappa shape index (κ2) is 8.23. The molecule has 0 spiro atoms. The van der Waals surface area contributed by atoms with Gasteiger partial charge in [-0.25, -0.2) is 0 Å². The average molecular weight is 335 g/mol. The summed E-state index contributed by atoms with van der Waals surface area (Å²) in [5, 5.41) is 0. The summed E-state index contributed by atoms with van der Waals surface area (Å²) in [6.45, 7) is 4.59. The fourth-order valence-electron chi connectivity index (χ4n) is 5.60. The van der Waals surface area contributed by atoms with Crippen molar-refractivity contribution >= 4 is 5.97 Å². The molecule has 0 radical (unpaired) electrons. The maximum atomic E-state index is 12.7. The zero-order chi connectivity index (χ0) is 17.0. The normalized spacial score (nSPS) is 36.9. The highest BCUT2D eigenvalue weighted by Gasteiger charge is 2.38. The van der Waals surface area contributed by atoms with Gasteiger partial charge < -0.3 is 4.74 Å². The van der Waals surface area contributed by atoms with Crippen molar-refractivity contribution < 1.29 is 9.53 Å². The quantitative estimate of drug-likeness (QED) is 0.566. The molecule has 0 saturated heterocycles. The highest BCUT2D eigenvalue weighted by Crippen LogP contribution is 2.42. The first-order valence-corrected chi connectivity index (χ1v) is 10.8. The van der Waals surface area contributed by atoms with Crippen LogP contribution in [0.2, 0.25) is 0 Å². The molecule has 138 valence electrons. The van der Waals surface area contributed by atoms with Crippen molar-refractivity contribution in [2.24, 2.45) is 23.7 Å². The minimum atomic E-state index is -0.119. The summed E-state index contributed by atoms with van der Waals surface area (Å²) in [5.41, 5.74) is -0.119. The summed E-state index contributed by atoms with van der Waals surface area (Å²) in [6.07, 6.45) is 17.3. The minimum Gasteiger partial charge on any atom is -0.459 e. The van der Waals surface area contributed by atoms with E-state index in [2.05, 4.69) is 13.8 Å². The molecule has 3 aliphatic carbocycles. The maximum Gasteiger partial charge on any atom is 0.309 e. The van der Waals surface area contributed by atoms with E-state index in [1.54, 1.807) is 0 Å². The first-order chi connectivity index (χ1) is 11.6. The van der Waals surface area contributed by atoms with Gasteiger partial charge in [-0.3, -0.25) is 4.79 Å². The van der Waals surface area contributed by atoms with Crippen molar-refractivity contribution in [2.45, 2.75) is 109 Å². The van der Waals surface area contributed by atoms with Crippen LogP contribution in [0, 0.1) is 23.7 Å². The predicted octanol–water partition coefficient (Wildman–Crippen LogP) is 6.28. The number of carbonyl (C=O) groups is 1. The van der Waals surface area contributed by atoms with Gasteiger partial charge in [0, 0.05) is 0 Å². The predicted molar refractivity (Wildman–Crippen MR) is 98.8 cm³/mol. The molecule has 0 bridgehead atoms. The van der Waals surface area contributed by atoms with Crippen LogP contribution in [0.3, 0.4) is 0 Å². The Labute approximate surface area is 149 Å². The van der Waals surface area contributed by atoms with E-state index in [-0.39, 0.29) is 17.5 Å². The molecule has 0 amide bonds. The van der Waals surface area contributed by atoms with E-state index < -0.39 is 0 Å². The van der Waals surface area contributed by atoms with Crippen molar-refractivity contribution in [1.29, 1.82) is 0 Å². The Balaban J connectivity index is 1.46. The first kappa shape index (κ1) is 18.3. The molecule has 0 N–H and O–H groups in total. The van der Waals surface area contributed by atoms with Gasteiger partial charge in [0.15, 0.2) is 0 Å². The van der Waals surface area contributed by atoms with Gasteiger partial charge in [-0.15, -0.1) is 0 Å². The fourth-order valence-corrected chi connectivity index (χ4v) is 5.60. The molecule has 0 unspecified atom stereocenters. The molecule has 0 heterocycles. The van der Waals surface area contributed by atoms with Gasteiger partial charge in [-0.2, -0.15) is 0 Å². The Morgan fingerprint density at radius 2 is 1.42 bits per heavy atom. The third kappa shape index (κ3) is 4.35. The van der Waals surface area contributed by atoms with Gasteiger partial charge in [0.05, 0.1) is 5.92 Å². The zero-order valence-electron chi connectivity index (χ0n) is 16.0. The molecule has 0 aromatic heterocycles. The van der Waals surface area contributed by atoms with Crippen LogP contribution in [0.25, 0.3) is 0 Å². The number of esters is 1. The Bertz CT molecular complexity index is 394. The Morgan fingerprint density at radius 1 is 0.875 bits per heavy atom. The summed E-state index contributed by atoms with van der Waals surface area (Å²) in [6, 6.07) is 0. The van der Waals surface area contributed by atoms with Crippen molar-refractivity contribution in [3.05, 3.63) is 0 Å². The highest BCUT2D eigenvalue weighted by atomic mass is 16.6. The Morgan fingerprint density at radius 3 is 1.96 bits per heavy atom. The molecule has 0 aliphatic heterocycles. The van der Waals surface area contributed by atoms with Crippen molar-refractivity contribution in [3.8, 4) is 0 Å². The van der Waals surface area contributed by atoms with Gasteiger partial charge >= 0.3 is 5.97 Å². The van der Waals surface area contributed by atoms with Crippen LogP contribution in [0.4, 0.5) is 0 Å². The average Bonchev–Trinajstić information content (AvgIpc) is 2.63. The van der Waals surface area contributed by atoms with Crippen molar-refractivity contribution in [1.82, 2.24) is 0 Å². The van der Waals surface area contributed by atoms with E-state index in [9.17, 15) is 4.79 Å². The van der Waals surface area contributed by atoms with Gasteiger partial charge in [0.25, 0.3) is 0 Å². The standard InChI is InChI=1S/C22H38O2/c1-3-22(15-5-4-6-16-22)24-21(23)20-13-11-19(12-14-20)18-9-7-17(2)8-10-18/h17-20H,3-16H2,1-2H3. The largest absolute Gasteiger partial charge is 0.459 e. The molecule has 2 nitrogen and oxygen atoms in total. The molecular formula is C22H38O2. The van der Waals surface area contributed by atoms with E-state index in [4.69, 9.17) is 4.74 Å². The smallest absolute Gasteiger partial charge is 0.309 e. The molecule has 0 aromatic rings. The number of rotatable bonds is 4. The van der Waals surface area contributed by atoms with E-state index in [0.29, 0.717) is 0 Å². The van der Waals surface area contributed by atoms with Crippen LogP contribution in [0.5, 0.6) is 0 Å². The summed E-state index contributed by atoms with van der Waals surface area (Å²) in [4.78, 5) is 12.7. The Hall–Kier alpha value is -0.530. The summed E-state index contributed by atoms with van der Waals surface area (Å²) < 4.78 is 6.12. The maximum absolute atomic E-state index is 12.7. The van der Waals surface area contributed by atoms with Gasteiger partial charge in [0.1, 0.15) is 5.60 Å². The second-order valence-corrected chi connectivity index (χ2v) is 9.15. The van der Waals surface area contributed by atoms with E-state index in [1.807, 2.05) is 0 Å². The Kier molecular flexibility index (Phi) is 6.27. The molecule has 3 rings (SSSR count). The van der Waals surface area contributed by atoms with Crippen molar-refractivity contribution in [2.75, 3.05) is 0 Å². The van der Waals surface area contributed by atoms with Crippen LogP contribution < -0.4 is 0 Å². The summed E-state index contributed by atoms with van der Waals surface area (Å²) >= 11 is 0. The number of ether oxygens (including phenoxy) is 1. The highest BCUT2D eigenvalue weighted by molar-refractivity contribution is 5.73. The van der Waals surface area contributed by atoms with Gasteiger partial charge in [-0.05, 0) is 88.4 Å². The first-order valence-electron chi connectivity index (χ1n) is 10.8. The van der Waals surface area contributed by atoms with E-state index in [0.717, 1.165) is 49.9 Å². The number of carbonyl (C=O) groups excluding carboxylic acids is 1. The van der Waals surface area contributed by atoms with E-state index in [1.165, 1.54) is 57.8 Å².